The van der Waals surface area contributed by atoms with E-state index in [9.17, 15) is 14.4 Å². The Kier molecular flexibility index (Phi) is 5.84. The number of nitrogens with one attached hydrogen (secondary N) is 1. The predicted octanol–water partition coefficient (Wildman–Crippen LogP) is 2.37. The standard InChI is InChI=1S/C19H20N2O3/c1-13-2-6-15(7-3-13)17(22)10-11-18(23)21-12-14-4-8-16(9-5-14)19(20)24/h2-9H,10-12H2,1H3,(H2,20,24)(H,21,23). The molecule has 2 aromatic carbocycles. The third-order valence-electron chi connectivity index (χ3n) is 3.68. The number of hydrogen-bond acceptors (Lipinski definition) is 3. The largest absolute Gasteiger partial charge is 0.366 e. The molecule has 0 bridgehead atoms. The van der Waals surface area contributed by atoms with E-state index in [-0.39, 0.29) is 24.5 Å². The van der Waals surface area contributed by atoms with Crippen molar-refractivity contribution in [2.45, 2.75) is 26.3 Å². The number of ketones is 1. The molecular formula is C19H20N2O3. The Morgan fingerprint density at radius 3 is 2.04 bits per heavy atom. The van der Waals surface area contributed by atoms with E-state index in [0.29, 0.717) is 17.7 Å². The Bertz CT molecular complexity index is 734. The number of amides is 2. The van der Waals surface area contributed by atoms with Crippen LogP contribution in [0.1, 0.15) is 44.7 Å². The minimum atomic E-state index is -0.486. The number of carbonyl (C=O) groups excluding carboxylic acids is 3. The molecule has 124 valence electrons. The van der Waals surface area contributed by atoms with E-state index in [0.717, 1.165) is 11.1 Å². The summed E-state index contributed by atoms with van der Waals surface area (Å²) in [5, 5.41) is 2.76. The van der Waals surface area contributed by atoms with Crippen LogP contribution >= 0.6 is 0 Å². The summed E-state index contributed by atoms with van der Waals surface area (Å²) < 4.78 is 0. The van der Waals surface area contributed by atoms with Gasteiger partial charge in [-0.1, -0.05) is 42.0 Å². The maximum atomic E-state index is 12.0. The molecule has 0 atom stereocenters. The number of primary amides is 1. The van der Waals surface area contributed by atoms with Gasteiger partial charge >= 0.3 is 0 Å². The molecule has 5 nitrogen and oxygen atoms in total. The first-order valence-electron chi connectivity index (χ1n) is 7.71. The van der Waals surface area contributed by atoms with Gasteiger partial charge in [-0.3, -0.25) is 14.4 Å². The summed E-state index contributed by atoms with van der Waals surface area (Å²) in [7, 11) is 0. The summed E-state index contributed by atoms with van der Waals surface area (Å²) >= 11 is 0. The maximum absolute atomic E-state index is 12.0. The first-order valence-corrected chi connectivity index (χ1v) is 7.71. The summed E-state index contributed by atoms with van der Waals surface area (Å²) in [5.41, 5.74) is 8.16. The number of hydrogen-bond donors (Lipinski definition) is 2. The molecule has 2 rings (SSSR count). The van der Waals surface area contributed by atoms with E-state index < -0.39 is 5.91 Å². The smallest absolute Gasteiger partial charge is 0.248 e. The highest BCUT2D eigenvalue weighted by Gasteiger charge is 2.09. The highest BCUT2D eigenvalue weighted by atomic mass is 16.2. The zero-order chi connectivity index (χ0) is 17.5. The third kappa shape index (κ3) is 5.05. The molecule has 3 N–H and O–H groups in total. The molecule has 0 aromatic heterocycles. The normalized spacial score (nSPS) is 10.2. The Balaban J connectivity index is 1.77. The van der Waals surface area contributed by atoms with Crippen LogP contribution in [0.3, 0.4) is 0 Å². The number of aryl methyl sites for hydroxylation is 1. The lowest BCUT2D eigenvalue weighted by Crippen LogP contribution is -2.23. The Morgan fingerprint density at radius 1 is 0.875 bits per heavy atom. The molecule has 0 spiro atoms. The SMILES string of the molecule is Cc1ccc(C(=O)CCC(=O)NCc2ccc(C(N)=O)cc2)cc1. The summed E-state index contributed by atoms with van der Waals surface area (Å²) in [6, 6.07) is 14.0. The average Bonchev–Trinajstić information content (AvgIpc) is 2.58. The lowest BCUT2D eigenvalue weighted by Gasteiger charge is -2.06. The van der Waals surface area contributed by atoms with Gasteiger partial charge < -0.3 is 11.1 Å². The van der Waals surface area contributed by atoms with Gasteiger partial charge in [0.25, 0.3) is 0 Å². The maximum Gasteiger partial charge on any atom is 0.248 e. The van der Waals surface area contributed by atoms with Gasteiger partial charge in [-0.2, -0.15) is 0 Å². The second-order valence-corrected chi connectivity index (χ2v) is 5.63. The van der Waals surface area contributed by atoms with E-state index in [1.807, 2.05) is 19.1 Å². The van der Waals surface area contributed by atoms with Crippen LogP contribution < -0.4 is 11.1 Å². The van der Waals surface area contributed by atoms with Crippen LogP contribution in [0.5, 0.6) is 0 Å². The van der Waals surface area contributed by atoms with Crippen molar-refractivity contribution in [3.05, 3.63) is 70.8 Å². The van der Waals surface area contributed by atoms with E-state index in [1.54, 1.807) is 36.4 Å². The monoisotopic (exact) mass is 324 g/mol. The van der Waals surface area contributed by atoms with E-state index in [2.05, 4.69) is 5.32 Å². The Morgan fingerprint density at radius 2 is 1.46 bits per heavy atom. The van der Waals surface area contributed by atoms with Gasteiger partial charge in [-0.15, -0.1) is 0 Å². The van der Waals surface area contributed by atoms with Crippen molar-refractivity contribution in [1.29, 1.82) is 0 Å². The van der Waals surface area contributed by atoms with Crippen molar-refractivity contribution in [3.8, 4) is 0 Å². The van der Waals surface area contributed by atoms with Gasteiger partial charge in [0, 0.05) is 30.5 Å². The summed E-state index contributed by atoms with van der Waals surface area (Å²) in [4.78, 5) is 34.8. The molecule has 5 heteroatoms. The van der Waals surface area contributed by atoms with Crippen molar-refractivity contribution < 1.29 is 14.4 Å². The summed E-state index contributed by atoms with van der Waals surface area (Å²) in [6.07, 6.45) is 0.321. The fourth-order valence-electron chi connectivity index (χ4n) is 2.19. The molecule has 0 fully saturated rings. The molecule has 0 heterocycles. The highest BCUT2D eigenvalue weighted by molar-refractivity contribution is 5.98. The Hall–Kier alpha value is -2.95. The lowest BCUT2D eigenvalue weighted by atomic mass is 10.0. The van der Waals surface area contributed by atoms with Crippen molar-refractivity contribution >= 4 is 17.6 Å². The number of benzene rings is 2. The number of carbonyl (C=O) groups is 3. The second-order valence-electron chi connectivity index (χ2n) is 5.63. The van der Waals surface area contributed by atoms with Crippen LogP contribution in [0.4, 0.5) is 0 Å². The van der Waals surface area contributed by atoms with Gasteiger partial charge in [0.15, 0.2) is 5.78 Å². The lowest BCUT2D eigenvalue weighted by molar-refractivity contribution is -0.121. The van der Waals surface area contributed by atoms with Crippen molar-refractivity contribution in [3.63, 3.8) is 0 Å². The quantitative estimate of drug-likeness (QED) is 0.766. The third-order valence-corrected chi connectivity index (χ3v) is 3.68. The summed E-state index contributed by atoms with van der Waals surface area (Å²) in [6.45, 7) is 2.30. The Labute approximate surface area is 140 Å². The molecule has 0 aliphatic heterocycles. The average molecular weight is 324 g/mol. The highest BCUT2D eigenvalue weighted by Crippen LogP contribution is 2.08. The minimum Gasteiger partial charge on any atom is -0.366 e. The summed E-state index contributed by atoms with van der Waals surface area (Å²) in [5.74, 6) is -0.717. The molecule has 0 saturated heterocycles. The van der Waals surface area contributed by atoms with Gasteiger partial charge in [0.05, 0.1) is 0 Å². The van der Waals surface area contributed by atoms with Crippen LogP contribution in [-0.2, 0) is 11.3 Å². The minimum absolute atomic E-state index is 0.0454. The van der Waals surface area contributed by atoms with E-state index >= 15 is 0 Å². The van der Waals surface area contributed by atoms with Crippen LogP contribution in [-0.4, -0.2) is 17.6 Å². The van der Waals surface area contributed by atoms with E-state index in [1.165, 1.54) is 0 Å². The van der Waals surface area contributed by atoms with Gasteiger partial charge in [-0.25, -0.2) is 0 Å². The van der Waals surface area contributed by atoms with E-state index in [4.69, 9.17) is 5.73 Å². The zero-order valence-corrected chi connectivity index (χ0v) is 13.5. The zero-order valence-electron chi connectivity index (χ0n) is 13.5. The van der Waals surface area contributed by atoms with Crippen LogP contribution in [0.25, 0.3) is 0 Å². The first kappa shape index (κ1) is 17.4. The fourth-order valence-corrected chi connectivity index (χ4v) is 2.19. The number of Topliss-reactive ketones (excluding diaryl/α,β-unsaturated/α-hetero) is 1. The topological polar surface area (TPSA) is 89.3 Å². The van der Waals surface area contributed by atoms with Crippen molar-refractivity contribution in [2.75, 3.05) is 0 Å². The molecular weight excluding hydrogens is 304 g/mol. The van der Waals surface area contributed by atoms with Crippen LogP contribution in [0, 0.1) is 6.92 Å². The number of rotatable bonds is 7. The van der Waals surface area contributed by atoms with Crippen molar-refractivity contribution in [2.24, 2.45) is 5.73 Å². The van der Waals surface area contributed by atoms with Crippen molar-refractivity contribution in [1.82, 2.24) is 5.32 Å². The molecule has 0 saturated carbocycles. The molecule has 0 aliphatic carbocycles. The molecule has 0 unspecified atom stereocenters. The molecule has 0 radical (unpaired) electrons. The molecule has 2 aromatic rings. The van der Waals surface area contributed by atoms with Gasteiger partial charge in [-0.05, 0) is 24.6 Å². The molecule has 24 heavy (non-hydrogen) atoms. The second kappa shape index (κ2) is 8.06. The predicted molar refractivity (Wildman–Crippen MR) is 91.6 cm³/mol. The fraction of sp³-hybridized carbons (Fsp3) is 0.211. The molecule has 2 amide bonds. The van der Waals surface area contributed by atoms with Crippen LogP contribution in [0.2, 0.25) is 0 Å². The van der Waals surface area contributed by atoms with Gasteiger partial charge in [0.1, 0.15) is 0 Å². The van der Waals surface area contributed by atoms with Gasteiger partial charge in [0.2, 0.25) is 11.8 Å². The number of nitrogens with two attached hydrogens (primary N) is 1. The van der Waals surface area contributed by atoms with Crippen LogP contribution in [0.15, 0.2) is 48.5 Å². The first-order chi connectivity index (χ1) is 11.5. The molecule has 0 aliphatic rings.